The topological polar surface area (TPSA) is 50.6 Å². The first-order valence-corrected chi connectivity index (χ1v) is 10.1. The number of carbonyl (C=O) groups is 1. The first-order chi connectivity index (χ1) is 12.5. The van der Waals surface area contributed by atoms with Crippen molar-refractivity contribution in [1.29, 1.82) is 0 Å². The van der Waals surface area contributed by atoms with Gasteiger partial charge in [-0.05, 0) is 45.2 Å². The van der Waals surface area contributed by atoms with Crippen molar-refractivity contribution in [1.82, 2.24) is 19.6 Å². The zero-order valence-corrected chi connectivity index (χ0v) is 16.6. The molecule has 2 heterocycles. The summed E-state index contributed by atoms with van der Waals surface area (Å²) in [6.07, 6.45) is 12.7. The van der Waals surface area contributed by atoms with Crippen LogP contribution in [-0.2, 0) is 16.6 Å². The number of carbonyl (C=O) groups excluding carboxylic acids is 1. The van der Waals surface area contributed by atoms with Gasteiger partial charge in [0.25, 0.3) is 0 Å². The van der Waals surface area contributed by atoms with E-state index in [4.69, 9.17) is 4.74 Å². The number of hydrogen-bond donors (Lipinski definition) is 0. The van der Waals surface area contributed by atoms with E-state index < -0.39 is 0 Å². The minimum absolute atomic E-state index is 0.105. The van der Waals surface area contributed by atoms with Crippen molar-refractivity contribution >= 4 is 5.91 Å². The zero-order valence-electron chi connectivity index (χ0n) is 16.6. The van der Waals surface area contributed by atoms with Gasteiger partial charge in [0.1, 0.15) is 6.61 Å². The summed E-state index contributed by atoms with van der Waals surface area (Å²) < 4.78 is 7.74. The lowest BCUT2D eigenvalue weighted by atomic mass is 9.86. The third-order valence-corrected chi connectivity index (χ3v) is 6.00. The number of aryl methyl sites for hydroxylation is 1. The van der Waals surface area contributed by atoms with Crippen molar-refractivity contribution in [2.24, 2.45) is 13.0 Å². The molecular formula is C20H34N4O2. The summed E-state index contributed by atoms with van der Waals surface area (Å²) in [7, 11) is 6.05. The van der Waals surface area contributed by atoms with E-state index in [9.17, 15) is 4.79 Å². The van der Waals surface area contributed by atoms with E-state index in [-0.39, 0.29) is 18.6 Å². The molecule has 0 spiro atoms. The first-order valence-electron chi connectivity index (χ1n) is 10.1. The second-order valence-electron chi connectivity index (χ2n) is 8.12. The van der Waals surface area contributed by atoms with E-state index in [1.54, 1.807) is 0 Å². The van der Waals surface area contributed by atoms with Gasteiger partial charge >= 0.3 is 0 Å². The van der Waals surface area contributed by atoms with Crippen molar-refractivity contribution in [3.05, 3.63) is 18.0 Å². The quantitative estimate of drug-likeness (QED) is 0.781. The molecule has 0 bridgehead atoms. The Bertz CT molecular complexity index is 582. The number of hydrogen-bond acceptors (Lipinski definition) is 4. The van der Waals surface area contributed by atoms with Crippen LogP contribution >= 0.6 is 0 Å². The Labute approximate surface area is 157 Å². The van der Waals surface area contributed by atoms with E-state index in [1.807, 2.05) is 29.9 Å². The molecule has 2 fully saturated rings. The number of nitrogens with zero attached hydrogens (tertiary/aromatic N) is 4. The molecule has 0 radical (unpaired) electrons. The van der Waals surface area contributed by atoms with Crippen LogP contribution in [-0.4, -0.2) is 65.4 Å². The van der Waals surface area contributed by atoms with Crippen molar-refractivity contribution < 1.29 is 9.53 Å². The Kier molecular flexibility index (Phi) is 6.70. The van der Waals surface area contributed by atoms with Crippen LogP contribution in [0.4, 0.5) is 0 Å². The van der Waals surface area contributed by atoms with Gasteiger partial charge in [0.2, 0.25) is 5.91 Å². The van der Waals surface area contributed by atoms with Crippen LogP contribution in [0.15, 0.2) is 12.4 Å². The molecule has 1 aromatic rings. The highest BCUT2D eigenvalue weighted by atomic mass is 16.5. The maximum atomic E-state index is 12.6. The molecule has 6 heteroatoms. The Morgan fingerprint density at radius 1 is 1.23 bits per heavy atom. The molecule has 1 saturated carbocycles. The predicted molar refractivity (Wildman–Crippen MR) is 102 cm³/mol. The average Bonchev–Trinajstić information content (AvgIpc) is 3.06. The van der Waals surface area contributed by atoms with Gasteiger partial charge in [-0.3, -0.25) is 14.4 Å². The molecule has 26 heavy (non-hydrogen) atoms. The van der Waals surface area contributed by atoms with Crippen LogP contribution in [0, 0.1) is 5.92 Å². The molecule has 146 valence electrons. The van der Waals surface area contributed by atoms with Crippen LogP contribution in [0.2, 0.25) is 0 Å². The summed E-state index contributed by atoms with van der Waals surface area (Å²) in [5.74, 6) is 0.537. The number of ether oxygens (including phenoxy) is 1. The van der Waals surface area contributed by atoms with Gasteiger partial charge in [-0.1, -0.05) is 19.3 Å². The molecule has 0 unspecified atom stereocenters. The van der Waals surface area contributed by atoms with Gasteiger partial charge in [0.15, 0.2) is 0 Å². The van der Waals surface area contributed by atoms with Gasteiger partial charge in [-0.15, -0.1) is 0 Å². The van der Waals surface area contributed by atoms with Crippen LogP contribution in [0.5, 0.6) is 0 Å². The Balaban J connectivity index is 1.55. The number of amides is 1. The minimum Gasteiger partial charge on any atom is -0.368 e. The van der Waals surface area contributed by atoms with E-state index >= 15 is 0 Å². The van der Waals surface area contributed by atoms with E-state index in [0.29, 0.717) is 12.0 Å². The Morgan fingerprint density at radius 3 is 2.69 bits per heavy atom. The summed E-state index contributed by atoms with van der Waals surface area (Å²) >= 11 is 0. The average molecular weight is 363 g/mol. The lowest BCUT2D eigenvalue weighted by Crippen LogP contribution is -2.43. The zero-order chi connectivity index (χ0) is 18.5. The maximum Gasteiger partial charge on any atom is 0.248 e. The first kappa shape index (κ1) is 19.4. The number of piperidine rings is 1. The molecule has 0 N–H and O–H groups in total. The summed E-state index contributed by atoms with van der Waals surface area (Å²) in [5, 5.41) is 4.35. The number of rotatable bonds is 6. The van der Waals surface area contributed by atoms with Crippen LogP contribution < -0.4 is 0 Å². The van der Waals surface area contributed by atoms with Crippen molar-refractivity contribution in [2.45, 2.75) is 57.1 Å². The second kappa shape index (κ2) is 9.00. The van der Waals surface area contributed by atoms with Crippen LogP contribution in [0.3, 0.4) is 0 Å². The van der Waals surface area contributed by atoms with Gasteiger partial charge in [-0.2, -0.15) is 5.10 Å². The largest absolute Gasteiger partial charge is 0.368 e. The summed E-state index contributed by atoms with van der Waals surface area (Å²) in [6.45, 7) is 2.09. The summed E-state index contributed by atoms with van der Waals surface area (Å²) in [6, 6.07) is 0.326. The molecule has 1 aliphatic heterocycles. The molecule has 2 aliphatic rings. The molecule has 6 nitrogen and oxygen atoms in total. The predicted octanol–water partition coefficient (Wildman–Crippen LogP) is 2.61. The fraction of sp³-hybridized carbons (Fsp3) is 0.800. The lowest BCUT2D eigenvalue weighted by molar-refractivity contribution is -0.138. The fourth-order valence-corrected chi connectivity index (χ4v) is 4.56. The number of likely N-dealkylation sites (N-methyl/N-ethyl adjacent to an activating group) is 1. The van der Waals surface area contributed by atoms with Gasteiger partial charge in [-0.25, -0.2) is 0 Å². The lowest BCUT2D eigenvalue weighted by Gasteiger charge is -2.40. The third kappa shape index (κ3) is 4.86. The smallest absolute Gasteiger partial charge is 0.248 e. The number of aromatic nitrogens is 2. The van der Waals surface area contributed by atoms with Crippen molar-refractivity contribution in [2.75, 3.05) is 33.8 Å². The molecular weight excluding hydrogens is 328 g/mol. The van der Waals surface area contributed by atoms with Crippen molar-refractivity contribution in [3.8, 4) is 0 Å². The van der Waals surface area contributed by atoms with Crippen molar-refractivity contribution in [3.63, 3.8) is 0 Å². The molecule has 0 aromatic carbocycles. The van der Waals surface area contributed by atoms with Gasteiger partial charge in [0.05, 0.1) is 12.3 Å². The fourth-order valence-electron chi connectivity index (χ4n) is 4.56. The van der Waals surface area contributed by atoms with E-state index in [2.05, 4.69) is 23.2 Å². The van der Waals surface area contributed by atoms with Crippen LogP contribution in [0.25, 0.3) is 0 Å². The summed E-state index contributed by atoms with van der Waals surface area (Å²) in [5.41, 5.74) is 1.25. The molecule has 1 amide bonds. The number of likely N-dealkylation sites (tertiary alicyclic amines) is 1. The van der Waals surface area contributed by atoms with Crippen LogP contribution in [0.1, 0.15) is 56.6 Å². The SMILES string of the molecule is CN(C[C@@H]1CCCN(C)[C@H]1c1cnn(C)c1)C(=O)COC1CCCCC1. The summed E-state index contributed by atoms with van der Waals surface area (Å²) in [4.78, 5) is 16.8. The maximum absolute atomic E-state index is 12.6. The highest BCUT2D eigenvalue weighted by molar-refractivity contribution is 5.77. The molecule has 1 aromatic heterocycles. The monoisotopic (exact) mass is 362 g/mol. The second-order valence-corrected chi connectivity index (χ2v) is 8.12. The highest BCUT2D eigenvalue weighted by Gasteiger charge is 2.33. The normalized spacial score (nSPS) is 25.3. The highest BCUT2D eigenvalue weighted by Crippen LogP contribution is 2.35. The minimum atomic E-state index is 0.105. The molecule has 2 atom stereocenters. The van der Waals surface area contributed by atoms with Gasteiger partial charge < -0.3 is 9.64 Å². The van der Waals surface area contributed by atoms with Gasteiger partial charge in [0, 0.05) is 38.4 Å². The molecule has 3 rings (SSSR count). The standard InChI is InChI=1S/C20H34N4O2/c1-22-11-7-8-16(20(22)17-12-21-24(3)14-17)13-23(2)19(25)15-26-18-9-5-4-6-10-18/h12,14,16,18,20H,4-11,13,15H2,1-3H3/t16-,20+/m0/s1. The van der Waals surface area contributed by atoms with E-state index in [1.165, 1.54) is 31.2 Å². The third-order valence-electron chi connectivity index (χ3n) is 6.00. The molecule has 1 aliphatic carbocycles. The van der Waals surface area contributed by atoms with E-state index in [0.717, 1.165) is 32.4 Å². The molecule has 1 saturated heterocycles. The Morgan fingerprint density at radius 2 is 2.00 bits per heavy atom. The Hall–Kier alpha value is -1.40.